The van der Waals surface area contributed by atoms with Gasteiger partial charge in [0.2, 0.25) is 0 Å². The Morgan fingerprint density at radius 2 is 1.59 bits per heavy atom. The largest absolute Gasteiger partial charge is 0.492 e. The van der Waals surface area contributed by atoms with Crippen LogP contribution in [-0.4, -0.2) is 44.8 Å². The van der Waals surface area contributed by atoms with Crippen LogP contribution in [-0.2, 0) is 25.6 Å². The van der Waals surface area contributed by atoms with E-state index in [-0.39, 0.29) is 11.1 Å². The van der Waals surface area contributed by atoms with E-state index in [2.05, 4.69) is 15.9 Å². The van der Waals surface area contributed by atoms with Crippen molar-refractivity contribution in [3.05, 3.63) is 80.6 Å². The topological polar surface area (TPSA) is 74.3 Å². The van der Waals surface area contributed by atoms with Crippen LogP contribution >= 0.6 is 27.5 Å². The third-order valence-corrected chi connectivity index (χ3v) is 6.06. The summed E-state index contributed by atoms with van der Waals surface area (Å²) >= 11 is 9.50. The van der Waals surface area contributed by atoms with Crippen LogP contribution < -0.4 is 9.47 Å². The number of benzene rings is 2. The second-order valence-corrected chi connectivity index (χ2v) is 8.64. The van der Waals surface area contributed by atoms with Crippen LogP contribution in [0.25, 0.3) is 0 Å². The quantitative estimate of drug-likeness (QED) is 0.417. The highest BCUT2D eigenvalue weighted by molar-refractivity contribution is 9.10. The third kappa shape index (κ3) is 5.56. The molecule has 9 heteroatoms. The van der Waals surface area contributed by atoms with Gasteiger partial charge in [-0.05, 0) is 58.2 Å². The maximum absolute atomic E-state index is 12.9. The van der Waals surface area contributed by atoms with E-state index in [9.17, 15) is 9.59 Å². The SMILES string of the molecule is CCOc1cc(C2C(C(=O)OC)=CN(Cc3ccc(Cl)cc3)C=C2C(=O)OC)cc(Br)c1OC. The van der Waals surface area contributed by atoms with Crippen molar-refractivity contribution in [1.82, 2.24) is 4.90 Å². The highest BCUT2D eigenvalue weighted by atomic mass is 79.9. The number of hydrogen-bond donors (Lipinski definition) is 0. The standard InChI is InChI=1S/C25H25BrClNO6/c1-5-34-21-11-16(10-20(26)23(21)31-2)22-18(24(29)32-3)13-28(14-19(22)25(30)33-4)12-15-6-8-17(27)9-7-15/h6-11,13-14,22H,5,12H2,1-4H3. The van der Waals surface area contributed by atoms with Gasteiger partial charge >= 0.3 is 11.9 Å². The number of ether oxygens (including phenoxy) is 4. The average molecular weight is 551 g/mol. The number of carbonyl (C=O) groups excluding carboxylic acids is 2. The molecule has 1 aliphatic heterocycles. The Morgan fingerprint density at radius 3 is 2.09 bits per heavy atom. The van der Waals surface area contributed by atoms with Gasteiger partial charge in [-0.15, -0.1) is 0 Å². The Labute approximate surface area is 212 Å². The molecule has 0 saturated carbocycles. The zero-order valence-electron chi connectivity index (χ0n) is 19.3. The fourth-order valence-corrected chi connectivity index (χ4v) is 4.50. The summed E-state index contributed by atoms with van der Waals surface area (Å²) in [4.78, 5) is 27.5. The number of nitrogens with zero attached hydrogens (tertiary/aromatic N) is 1. The zero-order valence-corrected chi connectivity index (χ0v) is 21.6. The summed E-state index contributed by atoms with van der Waals surface area (Å²) in [5.41, 5.74) is 2.13. The third-order valence-electron chi connectivity index (χ3n) is 5.22. The molecule has 0 fully saturated rings. The first-order valence-electron chi connectivity index (χ1n) is 10.4. The van der Waals surface area contributed by atoms with Crippen LogP contribution in [0.3, 0.4) is 0 Å². The van der Waals surface area contributed by atoms with Crippen LogP contribution in [0, 0.1) is 0 Å². The van der Waals surface area contributed by atoms with Gasteiger partial charge in [0.15, 0.2) is 11.5 Å². The van der Waals surface area contributed by atoms with E-state index < -0.39 is 17.9 Å². The van der Waals surface area contributed by atoms with Crippen molar-refractivity contribution in [2.24, 2.45) is 0 Å². The van der Waals surface area contributed by atoms with Crippen LogP contribution in [0.1, 0.15) is 24.0 Å². The molecule has 0 aromatic heterocycles. The molecule has 34 heavy (non-hydrogen) atoms. The van der Waals surface area contributed by atoms with Gasteiger partial charge in [0, 0.05) is 24.0 Å². The fourth-order valence-electron chi connectivity index (χ4n) is 3.75. The second-order valence-electron chi connectivity index (χ2n) is 7.35. The number of halogens is 2. The van der Waals surface area contributed by atoms with E-state index in [1.165, 1.54) is 21.3 Å². The molecule has 0 aliphatic carbocycles. The first kappa shape index (κ1) is 25.6. The lowest BCUT2D eigenvalue weighted by atomic mass is 9.83. The number of esters is 2. The van der Waals surface area contributed by atoms with Crippen molar-refractivity contribution >= 4 is 39.5 Å². The fraction of sp³-hybridized carbons (Fsp3) is 0.280. The van der Waals surface area contributed by atoms with Crippen molar-refractivity contribution in [1.29, 1.82) is 0 Å². The summed E-state index contributed by atoms with van der Waals surface area (Å²) in [6.45, 7) is 2.67. The predicted molar refractivity (Wildman–Crippen MR) is 132 cm³/mol. The highest BCUT2D eigenvalue weighted by Crippen LogP contribution is 2.44. The molecule has 0 spiro atoms. The van der Waals surface area contributed by atoms with Crippen molar-refractivity contribution < 1.29 is 28.5 Å². The molecule has 0 N–H and O–H groups in total. The zero-order chi connectivity index (χ0) is 24.8. The molecular formula is C25H25BrClNO6. The Bertz CT molecular complexity index is 1090. The Kier molecular flexibility index (Phi) is 8.63. The molecule has 2 aromatic carbocycles. The molecule has 0 amide bonds. The highest BCUT2D eigenvalue weighted by Gasteiger charge is 2.36. The summed E-state index contributed by atoms with van der Waals surface area (Å²) in [5.74, 6) is -0.886. The maximum atomic E-state index is 12.9. The minimum atomic E-state index is -0.747. The van der Waals surface area contributed by atoms with Crippen LogP contribution in [0.5, 0.6) is 11.5 Å². The van der Waals surface area contributed by atoms with E-state index in [1.807, 2.05) is 19.1 Å². The second kappa shape index (κ2) is 11.4. The minimum Gasteiger partial charge on any atom is -0.492 e. The molecule has 1 aliphatic rings. The van der Waals surface area contributed by atoms with Crippen molar-refractivity contribution in [2.45, 2.75) is 19.4 Å². The Balaban J connectivity index is 2.14. The van der Waals surface area contributed by atoms with E-state index in [0.29, 0.717) is 39.7 Å². The lowest BCUT2D eigenvalue weighted by Gasteiger charge is -2.30. The molecule has 0 atom stereocenters. The van der Waals surface area contributed by atoms with Crippen molar-refractivity contribution in [3.63, 3.8) is 0 Å². The van der Waals surface area contributed by atoms with Crippen LogP contribution in [0.4, 0.5) is 0 Å². The van der Waals surface area contributed by atoms with E-state index >= 15 is 0 Å². The number of hydrogen-bond acceptors (Lipinski definition) is 7. The lowest BCUT2D eigenvalue weighted by molar-refractivity contribution is -0.137. The Morgan fingerprint density at radius 1 is 1.00 bits per heavy atom. The van der Waals surface area contributed by atoms with Crippen molar-refractivity contribution in [3.8, 4) is 11.5 Å². The molecule has 1 heterocycles. The lowest BCUT2D eigenvalue weighted by Crippen LogP contribution is -2.28. The minimum absolute atomic E-state index is 0.277. The molecule has 7 nitrogen and oxygen atoms in total. The molecule has 0 radical (unpaired) electrons. The molecular weight excluding hydrogens is 526 g/mol. The van der Waals surface area contributed by atoms with Crippen molar-refractivity contribution in [2.75, 3.05) is 27.9 Å². The Hall–Kier alpha value is -2.97. The van der Waals surface area contributed by atoms with Gasteiger partial charge in [0.1, 0.15) is 0 Å². The summed E-state index contributed by atoms with van der Waals surface area (Å²) in [5, 5.41) is 0.620. The summed E-state index contributed by atoms with van der Waals surface area (Å²) in [6, 6.07) is 10.9. The van der Waals surface area contributed by atoms with E-state index in [4.69, 9.17) is 30.5 Å². The molecule has 180 valence electrons. The monoisotopic (exact) mass is 549 g/mol. The molecule has 0 bridgehead atoms. The normalized spacial score (nSPS) is 13.6. The van der Waals surface area contributed by atoms with Gasteiger partial charge in [0.25, 0.3) is 0 Å². The number of methoxy groups -OCH3 is 3. The number of carbonyl (C=O) groups is 2. The summed E-state index contributed by atoms with van der Waals surface area (Å²) in [6.07, 6.45) is 3.35. The van der Waals surface area contributed by atoms with E-state index in [1.54, 1.807) is 41.6 Å². The molecule has 3 rings (SSSR count). The van der Waals surface area contributed by atoms with Gasteiger partial charge in [-0.2, -0.15) is 0 Å². The van der Waals surface area contributed by atoms with Gasteiger partial charge in [-0.25, -0.2) is 9.59 Å². The van der Waals surface area contributed by atoms with Crippen LogP contribution in [0.2, 0.25) is 5.02 Å². The summed E-state index contributed by atoms with van der Waals surface area (Å²) in [7, 11) is 4.14. The smallest absolute Gasteiger partial charge is 0.336 e. The van der Waals surface area contributed by atoms with Gasteiger partial charge in [0.05, 0.1) is 49.5 Å². The summed E-state index contributed by atoms with van der Waals surface area (Å²) < 4.78 is 22.0. The molecule has 2 aromatic rings. The maximum Gasteiger partial charge on any atom is 0.336 e. The van der Waals surface area contributed by atoms with Crippen LogP contribution in [0.15, 0.2) is 64.4 Å². The first-order valence-corrected chi connectivity index (χ1v) is 11.6. The van der Waals surface area contributed by atoms with Gasteiger partial charge < -0.3 is 23.8 Å². The van der Waals surface area contributed by atoms with Gasteiger partial charge in [-0.1, -0.05) is 23.7 Å². The molecule has 0 saturated heterocycles. The predicted octanol–water partition coefficient (Wildman–Crippen LogP) is 5.22. The first-order chi connectivity index (χ1) is 16.3. The molecule has 0 unspecified atom stereocenters. The van der Waals surface area contributed by atoms with E-state index in [0.717, 1.165) is 5.56 Å². The number of rotatable bonds is 8. The van der Waals surface area contributed by atoms with Gasteiger partial charge in [-0.3, -0.25) is 0 Å². The average Bonchev–Trinajstić information content (AvgIpc) is 2.84.